The first-order valence-corrected chi connectivity index (χ1v) is 10.2. The van der Waals surface area contributed by atoms with Crippen molar-refractivity contribution in [2.75, 3.05) is 12.3 Å². The first-order chi connectivity index (χ1) is 11.5. The third-order valence-corrected chi connectivity index (χ3v) is 6.87. The van der Waals surface area contributed by atoms with Crippen LogP contribution in [0.2, 0.25) is 5.02 Å². The number of alkyl carbamates (subject to hydrolysis) is 1. The number of halogens is 1. The predicted octanol–water partition coefficient (Wildman–Crippen LogP) is 2.46. The van der Waals surface area contributed by atoms with E-state index >= 15 is 0 Å². The summed E-state index contributed by atoms with van der Waals surface area (Å²) in [6, 6.07) is 6.91. The van der Waals surface area contributed by atoms with Crippen molar-refractivity contribution in [3.63, 3.8) is 0 Å². The van der Waals surface area contributed by atoms with Crippen LogP contribution in [0, 0.1) is 0 Å². The number of nitrogens with two attached hydrogens (primary N) is 1. The molecule has 0 bridgehead atoms. The van der Waals surface area contributed by atoms with Crippen LogP contribution in [0.4, 0.5) is 4.79 Å². The topological polar surface area (TPSA) is 98.5 Å². The van der Waals surface area contributed by atoms with Gasteiger partial charge in [0.25, 0.3) is 0 Å². The largest absolute Gasteiger partial charge is 0.444 e. The smallest absolute Gasteiger partial charge is 0.408 e. The fourth-order valence-electron chi connectivity index (χ4n) is 3.19. The number of nitrogens with one attached hydrogen (secondary N) is 1. The number of carbonyl (C=O) groups excluding carboxylic acids is 1. The van der Waals surface area contributed by atoms with Crippen LogP contribution in [-0.2, 0) is 14.6 Å². The van der Waals surface area contributed by atoms with Gasteiger partial charge in [0.1, 0.15) is 5.60 Å². The summed E-state index contributed by atoms with van der Waals surface area (Å²) in [6.07, 6.45) is -0.675. The van der Waals surface area contributed by atoms with Crippen LogP contribution in [0.1, 0.15) is 39.2 Å². The maximum absolute atomic E-state index is 12.6. The number of ether oxygens (including phenoxy) is 1. The highest BCUT2D eigenvalue weighted by molar-refractivity contribution is 7.92. The summed E-state index contributed by atoms with van der Waals surface area (Å²) in [4.78, 5) is 12.3. The van der Waals surface area contributed by atoms with Crippen LogP contribution >= 0.6 is 11.6 Å². The van der Waals surface area contributed by atoms with Gasteiger partial charge in [-0.1, -0.05) is 30.7 Å². The third kappa shape index (κ3) is 4.10. The third-order valence-electron chi connectivity index (χ3n) is 4.35. The Bertz CT molecular complexity index is 743. The quantitative estimate of drug-likeness (QED) is 0.807. The van der Waals surface area contributed by atoms with Gasteiger partial charge in [-0.25, -0.2) is 13.2 Å². The van der Waals surface area contributed by atoms with E-state index in [0.29, 0.717) is 5.02 Å². The minimum absolute atomic E-state index is 0.0105. The number of benzene rings is 1. The molecular weight excluding hydrogens is 364 g/mol. The van der Waals surface area contributed by atoms with E-state index in [0.717, 1.165) is 5.56 Å². The Balaban J connectivity index is 2.38. The number of hydrogen-bond donors (Lipinski definition) is 2. The van der Waals surface area contributed by atoms with E-state index in [1.807, 2.05) is 0 Å². The van der Waals surface area contributed by atoms with Crippen molar-refractivity contribution in [3.05, 3.63) is 34.9 Å². The monoisotopic (exact) mass is 388 g/mol. The minimum atomic E-state index is -3.42. The molecule has 0 heterocycles. The molecule has 2 rings (SSSR count). The highest BCUT2D eigenvalue weighted by Crippen LogP contribution is 2.55. The molecule has 1 aliphatic rings. The fourth-order valence-corrected chi connectivity index (χ4v) is 5.35. The van der Waals surface area contributed by atoms with Gasteiger partial charge in [0.15, 0.2) is 9.84 Å². The summed E-state index contributed by atoms with van der Waals surface area (Å²) < 4.78 is 30.5. The van der Waals surface area contributed by atoms with Gasteiger partial charge in [-0.05, 0) is 38.5 Å². The Morgan fingerprint density at radius 3 is 2.32 bits per heavy atom. The second-order valence-corrected chi connectivity index (χ2v) is 10.1. The zero-order chi connectivity index (χ0) is 19.0. The SMILES string of the molecule is CCS(=O)(=O)[C@H]1[C@H](c2ccc(Cl)cc2)[C@@]1(CN)NC(=O)OC(C)(C)C. The molecule has 0 unspecified atom stereocenters. The molecule has 1 aromatic rings. The van der Waals surface area contributed by atoms with Crippen LogP contribution in [0.25, 0.3) is 0 Å². The summed E-state index contributed by atoms with van der Waals surface area (Å²) >= 11 is 5.92. The molecule has 1 aliphatic carbocycles. The molecule has 3 N–H and O–H groups in total. The molecule has 140 valence electrons. The van der Waals surface area contributed by atoms with Gasteiger partial charge in [-0.3, -0.25) is 0 Å². The van der Waals surface area contributed by atoms with Crippen molar-refractivity contribution < 1.29 is 17.9 Å². The normalized spacial score (nSPS) is 26.2. The summed E-state index contributed by atoms with van der Waals surface area (Å²) in [5.74, 6) is -0.466. The van der Waals surface area contributed by atoms with Crippen molar-refractivity contribution in [3.8, 4) is 0 Å². The van der Waals surface area contributed by atoms with Crippen molar-refractivity contribution in [2.45, 2.75) is 50.0 Å². The Morgan fingerprint density at radius 2 is 1.88 bits per heavy atom. The molecule has 0 spiro atoms. The van der Waals surface area contributed by atoms with Crippen molar-refractivity contribution >= 4 is 27.5 Å². The Hall–Kier alpha value is -1.31. The minimum Gasteiger partial charge on any atom is -0.444 e. The highest BCUT2D eigenvalue weighted by atomic mass is 35.5. The van der Waals surface area contributed by atoms with Crippen LogP contribution in [-0.4, -0.2) is 43.2 Å². The first-order valence-electron chi connectivity index (χ1n) is 8.15. The molecule has 0 saturated heterocycles. The molecule has 1 saturated carbocycles. The van der Waals surface area contributed by atoms with E-state index in [1.165, 1.54) is 0 Å². The van der Waals surface area contributed by atoms with E-state index in [9.17, 15) is 13.2 Å². The molecule has 1 aromatic carbocycles. The van der Waals surface area contributed by atoms with Crippen LogP contribution in [0.15, 0.2) is 24.3 Å². The summed E-state index contributed by atoms with van der Waals surface area (Å²) in [5, 5.41) is 2.49. The van der Waals surface area contributed by atoms with Crippen LogP contribution in [0.3, 0.4) is 0 Å². The zero-order valence-corrected chi connectivity index (χ0v) is 16.4. The van der Waals surface area contributed by atoms with Crippen molar-refractivity contribution in [2.24, 2.45) is 5.73 Å². The zero-order valence-electron chi connectivity index (χ0n) is 14.9. The average molecular weight is 389 g/mol. The number of hydrogen-bond acceptors (Lipinski definition) is 5. The summed E-state index contributed by atoms with van der Waals surface area (Å²) in [5.41, 5.74) is 4.92. The molecule has 0 aromatic heterocycles. The molecule has 8 heteroatoms. The second kappa shape index (κ2) is 6.78. The lowest BCUT2D eigenvalue weighted by Crippen LogP contribution is -2.49. The summed E-state index contributed by atoms with van der Waals surface area (Å²) in [6.45, 7) is 6.80. The van der Waals surface area contributed by atoms with E-state index < -0.39 is 38.2 Å². The number of rotatable bonds is 5. The van der Waals surface area contributed by atoms with Gasteiger partial charge in [0.05, 0.1) is 10.8 Å². The maximum atomic E-state index is 12.6. The maximum Gasteiger partial charge on any atom is 0.408 e. The fraction of sp³-hybridized carbons (Fsp3) is 0.588. The standard InChI is InChI=1S/C17H25ClN2O4S/c1-5-25(22,23)14-13(11-6-8-12(18)9-7-11)17(14,10-19)20-15(21)24-16(2,3)4/h6-9,13-14H,5,10,19H2,1-4H3,(H,20,21)/t13-,14-,17+/m0/s1. The van der Waals surface area contributed by atoms with Gasteiger partial charge in [-0.15, -0.1) is 0 Å². The Kier molecular flexibility index (Phi) is 5.42. The van der Waals surface area contributed by atoms with E-state index in [4.69, 9.17) is 22.1 Å². The number of sulfone groups is 1. The van der Waals surface area contributed by atoms with E-state index in [2.05, 4.69) is 5.32 Å². The first kappa shape index (κ1) is 20.0. The highest BCUT2D eigenvalue weighted by Gasteiger charge is 2.71. The van der Waals surface area contributed by atoms with E-state index in [-0.39, 0.29) is 12.3 Å². The molecule has 1 amide bonds. The summed E-state index contributed by atoms with van der Waals surface area (Å²) in [7, 11) is -3.42. The number of carbonyl (C=O) groups is 1. The van der Waals surface area contributed by atoms with E-state index in [1.54, 1.807) is 52.0 Å². The molecule has 25 heavy (non-hydrogen) atoms. The Labute approximate surface area is 154 Å². The van der Waals surface area contributed by atoms with Gasteiger partial charge in [0.2, 0.25) is 0 Å². The molecule has 1 fully saturated rings. The lowest BCUT2D eigenvalue weighted by molar-refractivity contribution is 0.0497. The lowest BCUT2D eigenvalue weighted by Gasteiger charge is -2.24. The second-order valence-electron chi connectivity index (χ2n) is 7.27. The van der Waals surface area contributed by atoms with Crippen LogP contribution in [0.5, 0.6) is 0 Å². The molecule has 0 radical (unpaired) electrons. The van der Waals surface area contributed by atoms with Gasteiger partial charge >= 0.3 is 6.09 Å². The molecule has 6 nitrogen and oxygen atoms in total. The van der Waals surface area contributed by atoms with Gasteiger partial charge < -0.3 is 15.8 Å². The molecular formula is C17H25ClN2O4S. The molecule has 0 aliphatic heterocycles. The number of amides is 1. The average Bonchev–Trinajstić information content (AvgIpc) is 3.15. The van der Waals surface area contributed by atoms with Gasteiger partial charge in [0, 0.05) is 23.2 Å². The van der Waals surface area contributed by atoms with Crippen molar-refractivity contribution in [1.82, 2.24) is 5.32 Å². The predicted molar refractivity (Wildman–Crippen MR) is 98.6 cm³/mol. The van der Waals surface area contributed by atoms with Crippen LogP contribution < -0.4 is 11.1 Å². The Morgan fingerprint density at radius 1 is 1.32 bits per heavy atom. The molecule has 3 atom stereocenters. The lowest BCUT2D eigenvalue weighted by atomic mass is 10.1. The van der Waals surface area contributed by atoms with Gasteiger partial charge in [-0.2, -0.15) is 0 Å². The van der Waals surface area contributed by atoms with Crippen molar-refractivity contribution in [1.29, 1.82) is 0 Å².